The largest absolute Gasteiger partial charge is 0.338 e. The Kier molecular flexibility index (Phi) is 4.96. The van der Waals surface area contributed by atoms with Gasteiger partial charge in [-0.15, -0.1) is 0 Å². The van der Waals surface area contributed by atoms with Gasteiger partial charge in [-0.25, -0.2) is 9.78 Å². The minimum Gasteiger partial charge on any atom is -0.338 e. The third kappa shape index (κ3) is 3.92. The van der Waals surface area contributed by atoms with E-state index in [-0.39, 0.29) is 6.03 Å². The van der Waals surface area contributed by atoms with Crippen LogP contribution in [-0.4, -0.2) is 40.1 Å². The molecule has 2 heterocycles. The van der Waals surface area contributed by atoms with Gasteiger partial charge in [0.15, 0.2) is 0 Å². The van der Waals surface area contributed by atoms with Gasteiger partial charge in [0, 0.05) is 44.0 Å². The fourth-order valence-corrected chi connectivity index (χ4v) is 3.99. The first kappa shape index (κ1) is 17.1. The number of hydrogen-bond acceptors (Lipinski definition) is 2. The second-order valence-electron chi connectivity index (χ2n) is 7.69. The highest BCUT2D eigenvalue weighted by Crippen LogP contribution is 2.37. The summed E-state index contributed by atoms with van der Waals surface area (Å²) in [5, 5.41) is 3.07. The number of imidazole rings is 1. The number of amides is 2. The van der Waals surface area contributed by atoms with E-state index in [9.17, 15) is 4.79 Å². The fraction of sp³-hybridized carbons (Fsp3) is 0.524. The summed E-state index contributed by atoms with van der Waals surface area (Å²) in [4.78, 5) is 19.0. The number of nitrogens with one attached hydrogen (secondary N) is 1. The Morgan fingerprint density at radius 2 is 2.04 bits per heavy atom. The van der Waals surface area contributed by atoms with Gasteiger partial charge in [0.2, 0.25) is 0 Å². The Labute approximate surface area is 155 Å². The maximum absolute atomic E-state index is 12.4. The number of nitrogens with zero attached hydrogens (tertiary/aromatic N) is 3. The monoisotopic (exact) mass is 352 g/mol. The molecule has 138 valence electrons. The van der Waals surface area contributed by atoms with Gasteiger partial charge in [-0.3, -0.25) is 0 Å². The average Bonchev–Trinajstić information content (AvgIpc) is 3.26. The van der Waals surface area contributed by atoms with Crippen molar-refractivity contribution in [3.63, 3.8) is 0 Å². The number of benzene rings is 1. The lowest BCUT2D eigenvalue weighted by atomic mass is 10.0. The van der Waals surface area contributed by atoms with Crippen LogP contribution in [0.25, 0.3) is 0 Å². The number of aryl methyl sites for hydroxylation is 1. The molecular weight excluding hydrogens is 324 g/mol. The Hall–Kier alpha value is -2.30. The van der Waals surface area contributed by atoms with Gasteiger partial charge < -0.3 is 14.8 Å². The molecule has 0 spiro atoms. The van der Waals surface area contributed by atoms with Crippen molar-refractivity contribution in [1.29, 1.82) is 0 Å². The zero-order chi connectivity index (χ0) is 17.9. The molecule has 1 unspecified atom stereocenters. The first-order valence-corrected chi connectivity index (χ1v) is 9.80. The van der Waals surface area contributed by atoms with Crippen LogP contribution in [-0.2, 0) is 12.8 Å². The first-order valence-electron chi connectivity index (χ1n) is 9.80. The van der Waals surface area contributed by atoms with Crippen LogP contribution >= 0.6 is 0 Å². The lowest BCUT2D eigenvalue weighted by Gasteiger charge is -2.18. The third-order valence-electron chi connectivity index (χ3n) is 5.55. The maximum Gasteiger partial charge on any atom is 0.317 e. The minimum absolute atomic E-state index is 0.0742. The van der Waals surface area contributed by atoms with Gasteiger partial charge in [-0.05, 0) is 44.1 Å². The summed E-state index contributed by atoms with van der Waals surface area (Å²) in [5.74, 6) is 1.73. The zero-order valence-corrected chi connectivity index (χ0v) is 15.5. The van der Waals surface area contributed by atoms with Crippen molar-refractivity contribution >= 4 is 6.03 Å². The third-order valence-corrected chi connectivity index (χ3v) is 5.55. The number of carbonyl (C=O) groups is 1. The highest BCUT2D eigenvalue weighted by Gasteiger charge is 2.31. The van der Waals surface area contributed by atoms with E-state index in [0.717, 1.165) is 32.4 Å². The molecule has 4 rings (SSSR count). The van der Waals surface area contributed by atoms with E-state index in [0.29, 0.717) is 18.5 Å². The Morgan fingerprint density at radius 3 is 2.81 bits per heavy atom. The van der Waals surface area contributed by atoms with E-state index in [1.165, 1.54) is 29.9 Å². The second kappa shape index (κ2) is 7.52. The van der Waals surface area contributed by atoms with E-state index in [4.69, 9.17) is 0 Å². The summed E-state index contributed by atoms with van der Waals surface area (Å²) in [6.45, 7) is 4.53. The van der Waals surface area contributed by atoms with Crippen molar-refractivity contribution in [2.45, 2.75) is 45.1 Å². The minimum atomic E-state index is 0.0742. The molecule has 0 radical (unpaired) electrons. The molecule has 2 amide bonds. The summed E-state index contributed by atoms with van der Waals surface area (Å²) in [5.41, 5.74) is 2.53. The standard InChI is InChI=1S/C21H28N4O/c1-16-14-23-20(25(16)19-7-8-19)13-18-10-12-24(15-18)21(26)22-11-9-17-5-3-2-4-6-17/h2-6,14,18-19H,7-13,15H2,1H3,(H,22,26). The number of likely N-dealkylation sites (tertiary alicyclic amines) is 1. The first-order chi connectivity index (χ1) is 12.7. The SMILES string of the molecule is Cc1cnc(CC2CCN(C(=O)NCCc3ccccc3)C2)n1C1CC1. The number of urea groups is 1. The quantitative estimate of drug-likeness (QED) is 0.867. The Balaban J connectivity index is 1.25. The average molecular weight is 352 g/mol. The predicted molar refractivity (Wildman–Crippen MR) is 102 cm³/mol. The van der Waals surface area contributed by atoms with Crippen molar-refractivity contribution in [2.24, 2.45) is 5.92 Å². The summed E-state index contributed by atoms with van der Waals surface area (Å²) in [7, 11) is 0. The number of carbonyl (C=O) groups excluding carboxylic acids is 1. The molecule has 2 aliphatic rings. The van der Waals surface area contributed by atoms with Gasteiger partial charge >= 0.3 is 6.03 Å². The summed E-state index contributed by atoms with van der Waals surface area (Å²) < 4.78 is 2.42. The van der Waals surface area contributed by atoms with E-state index in [1.54, 1.807) is 0 Å². The van der Waals surface area contributed by atoms with Crippen molar-refractivity contribution in [2.75, 3.05) is 19.6 Å². The zero-order valence-electron chi connectivity index (χ0n) is 15.5. The fourth-order valence-electron chi connectivity index (χ4n) is 3.99. The van der Waals surface area contributed by atoms with Crippen LogP contribution in [0.2, 0.25) is 0 Å². The molecule has 2 fully saturated rings. The van der Waals surface area contributed by atoms with E-state index in [2.05, 4.69) is 33.9 Å². The van der Waals surface area contributed by atoms with Crippen molar-refractivity contribution < 1.29 is 4.79 Å². The molecule has 26 heavy (non-hydrogen) atoms. The van der Waals surface area contributed by atoms with Crippen molar-refractivity contribution in [1.82, 2.24) is 19.8 Å². The van der Waals surface area contributed by atoms with Crippen LogP contribution in [0.4, 0.5) is 4.79 Å². The summed E-state index contributed by atoms with van der Waals surface area (Å²) in [6.07, 6.45) is 7.50. The van der Waals surface area contributed by atoms with Gasteiger partial charge in [-0.1, -0.05) is 30.3 Å². The molecular formula is C21H28N4O. The maximum atomic E-state index is 12.4. The van der Waals surface area contributed by atoms with Gasteiger partial charge in [0.25, 0.3) is 0 Å². The molecule has 1 atom stereocenters. The van der Waals surface area contributed by atoms with Crippen LogP contribution < -0.4 is 5.32 Å². The van der Waals surface area contributed by atoms with Gasteiger partial charge in [-0.2, -0.15) is 0 Å². The molecule has 0 bridgehead atoms. The van der Waals surface area contributed by atoms with Crippen molar-refractivity contribution in [3.8, 4) is 0 Å². The number of hydrogen-bond donors (Lipinski definition) is 1. The molecule has 5 nitrogen and oxygen atoms in total. The molecule has 1 aliphatic carbocycles. The topological polar surface area (TPSA) is 50.2 Å². The van der Waals surface area contributed by atoms with Crippen molar-refractivity contribution in [3.05, 3.63) is 53.6 Å². The lowest BCUT2D eigenvalue weighted by Crippen LogP contribution is -2.39. The molecule has 1 saturated heterocycles. The molecule has 1 aliphatic heterocycles. The van der Waals surface area contributed by atoms with Gasteiger partial charge in [0.1, 0.15) is 5.82 Å². The molecule has 1 saturated carbocycles. The smallest absolute Gasteiger partial charge is 0.317 e. The van der Waals surface area contributed by atoms with Crippen LogP contribution in [0.15, 0.2) is 36.5 Å². The second-order valence-corrected chi connectivity index (χ2v) is 7.69. The Bertz CT molecular complexity index is 751. The number of aromatic nitrogens is 2. The van der Waals surface area contributed by atoms with E-state index >= 15 is 0 Å². The molecule has 1 aromatic carbocycles. The van der Waals surface area contributed by atoms with Crippen LogP contribution in [0.5, 0.6) is 0 Å². The van der Waals surface area contributed by atoms with Gasteiger partial charge in [0.05, 0.1) is 0 Å². The van der Waals surface area contributed by atoms with Crippen LogP contribution in [0.3, 0.4) is 0 Å². The molecule has 1 N–H and O–H groups in total. The predicted octanol–water partition coefficient (Wildman–Crippen LogP) is 3.34. The highest BCUT2D eigenvalue weighted by molar-refractivity contribution is 5.74. The molecule has 2 aromatic rings. The highest BCUT2D eigenvalue weighted by atomic mass is 16.2. The molecule has 1 aromatic heterocycles. The summed E-state index contributed by atoms with van der Waals surface area (Å²) >= 11 is 0. The Morgan fingerprint density at radius 1 is 1.23 bits per heavy atom. The van der Waals surface area contributed by atoms with Crippen LogP contribution in [0.1, 0.15) is 42.4 Å². The molecule has 5 heteroatoms. The van der Waals surface area contributed by atoms with E-state index in [1.807, 2.05) is 29.3 Å². The normalized spacial score (nSPS) is 19.7. The lowest BCUT2D eigenvalue weighted by molar-refractivity contribution is 0.207. The van der Waals surface area contributed by atoms with Crippen LogP contribution in [0, 0.1) is 12.8 Å². The number of rotatable bonds is 6. The summed E-state index contributed by atoms with van der Waals surface area (Å²) in [6, 6.07) is 11.0. The van der Waals surface area contributed by atoms with E-state index < -0.39 is 0 Å².